The van der Waals surface area contributed by atoms with Crippen molar-refractivity contribution < 1.29 is 4.74 Å². The number of aryl methyl sites for hydroxylation is 1. The minimum atomic E-state index is 0.172. The molecule has 3 heterocycles. The lowest BCUT2D eigenvalue weighted by molar-refractivity contribution is -0.0933. The molecule has 0 saturated carbocycles. The Hall–Kier alpha value is -0.520. The molecule has 20 heavy (non-hydrogen) atoms. The summed E-state index contributed by atoms with van der Waals surface area (Å²) in [6.45, 7) is 3.97. The lowest BCUT2D eigenvalue weighted by Gasteiger charge is -2.43. The molecule has 5 heteroatoms. The Morgan fingerprint density at radius 3 is 3.00 bits per heavy atom. The minimum Gasteiger partial charge on any atom is -0.375 e. The molecule has 0 radical (unpaired) electrons. The van der Waals surface area contributed by atoms with E-state index >= 15 is 0 Å². The van der Waals surface area contributed by atoms with E-state index in [2.05, 4.69) is 29.1 Å². The van der Waals surface area contributed by atoms with Crippen molar-refractivity contribution in [3.05, 3.63) is 17.5 Å². The van der Waals surface area contributed by atoms with Gasteiger partial charge in [-0.3, -0.25) is 4.68 Å². The Labute approximate surface area is 125 Å². The van der Waals surface area contributed by atoms with Crippen molar-refractivity contribution in [2.45, 2.75) is 50.8 Å². The Morgan fingerprint density at radius 1 is 1.50 bits per heavy atom. The van der Waals surface area contributed by atoms with Crippen molar-refractivity contribution in [2.75, 3.05) is 18.1 Å². The van der Waals surface area contributed by atoms with E-state index in [0.29, 0.717) is 6.04 Å². The zero-order valence-electron chi connectivity index (χ0n) is 12.5. The summed E-state index contributed by atoms with van der Waals surface area (Å²) in [7, 11) is 2.00. The molecule has 1 aromatic heterocycles. The fourth-order valence-electron chi connectivity index (χ4n) is 3.27. The van der Waals surface area contributed by atoms with Gasteiger partial charge in [0.15, 0.2) is 0 Å². The summed E-state index contributed by atoms with van der Waals surface area (Å²) < 4.78 is 8.09. The van der Waals surface area contributed by atoms with Gasteiger partial charge in [0.25, 0.3) is 0 Å². The van der Waals surface area contributed by atoms with E-state index in [4.69, 9.17) is 4.74 Å². The number of thioether (sulfide) groups is 1. The smallest absolute Gasteiger partial charge is 0.0713 e. The number of hydrogen-bond acceptors (Lipinski definition) is 4. The van der Waals surface area contributed by atoms with Crippen LogP contribution in [0.2, 0.25) is 0 Å². The first kappa shape index (κ1) is 14.4. The summed E-state index contributed by atoms with van der Waals surface area (Å²) in [5.74, 6) is 2.52. The Bertz CT molecular complexity index is 448. The van der Waals surface area contributed by atoms with Gasteiger partial charge < -0.3 is 10.1 Å². The van der Waals surface area contributed by atoms with Crippen LogP contribution >= 0.6 is 11.8 Å². The van der Waals surface area contributed by atoms with Crippen molar-refractivity contribution in [3.63, 3.8) is 0 Å². The molecule has 0 amide bonds. The van der Waals surface area contributed by atoms with Gasteiger partial charge in [-0.2, -0.15) is 16.9 Å². The van der Waals surface area contributed by atoms with Gasteiger partial charge >= 0.3 is 0 Å². The second-order valence-corrected chi connectivity index (χ2v) is 7.32. The Morgan fingerprint density at radius 2 is 2.30 bits per heavy atom. The minimum absolute atomic E-state index is 0.172. The van der Waals surface area contributed by atoms with Crippen LogP contribution in [0, 0.1) is 6.92 Å². The summed E-state index contributed by atoms with van der Waals surface area (Å²) >= 11 is 2.07. The van der Waals surface area contributed by atoms with Gasteiger partial charge in [-0.05, 0) is 44.1 Å². The first-order valence-corrected chi connectivity index (χ1v) is 8.77. The summed E-state index contributed by atoms with van der Waals surface area (Å²) in [6.07, 6.45) is 6.74. The zero-order valence-corrected chi connectivity index (χ0v) is 13.3. The van der Waals surface area contributed by atoms with E-state index in [-0.39, 0.29) is 5.60 Å². The molecule has 1 N–H and O–H groups in total. The number of nitrogens with one attached hydrogen (secondary N) is 1. The largest absolute Gasteiger partial charge is 0.375 e. The van der Waals surface area contributed by atoms with Gasteiger partial charge in [-0.25, -0.2) is 0 Å². The first-order chi connectivity index (χ1) is 9.69. The normalized spacial score (nSPS) is 26.0. The van der Waals surface area contributed by atoms with E-state index < -0.39 is 0 Å². The molecule has 0 aromatic carbocycles. The molecule has 1 atom stereocenters. The highest BCUT2D eigenvalue weighted by molar-refractivity contribution is 7.99. The molecule has 4 nitrogen and oxygen atoms in total. The van der Waals surface area contributed by atoms with Crippen LogP contribution < -0.4 is 5.32 Å². The predicted molar refractivity (Wildman–Crippen MR) is 83.0 cm³/mol. The standard InChI is InChI=1S/C15H25N3OS/c1-12-13(11-17-18(12)2)10-16-14-3-6-19-15(9-14)4-7-20-8-5-15/h11,14,16H,3-10H2,1-2H3. The van der Waals surface area contributed by atoms with Gasteiger partial charge in [0.1, 0.15) is 0 Å². The SMILES string of the molecule is Cc1c(CNC2CCOC3(CCSCC3)C2)cnn1C. The van der Waals surface area contributed by atoms with Crippen LogP contribution in [0.4, 0.5) is 0 Å². The lowest BCUT2D eigenvalue weighted by Crippen LogP contribution is -2.48. The monoisotopic (exact) mass is 295 g/mol. The molecule has 1 spiro atoms. The average molecular weight is 295 g/mol. The van der Waals surface area contributed by atoms with E-state index in [1.54, 1.807) is 0 Å². The zero-order chi connectivity index (χ0) is 14.0. The van der Waals surface area contributed by atoms with Gasteiger partial charge in [-0.15, -0.1) is 0 Å². The third-order valence-corrected chi connectivity index (χ3v) is 5.80. The maximum Gasteiger partial charge on any atom is 0.0713 e. The molecule has 3 rings (SSSR count). The van der Waals surface area contributed by atoms with Gasteiger partial charge in [-0.1, -0.05) is 0 Å². The number of hydrogen-bond donors (Lipinski definition) is 1. The highest BCUT2D eigenvalue weighted by atomic mass is 32.2. The lowest BCUT2D eigenvalue weighted by atomic mass is 9.85. The maximum atomic E-state index is 6.15. The van der Waals surface area contributed by atoms with Crippen LogP contribution in [-0.2, 0) is 18.3 Å². The quantitative estimate of drug-likeness (QED) is 0.928. The van der Waals surface area contributed by atoms with E-state index in [1.807, 2.05) is 17.9 Å². The molecule has 2 aliphatic heterocycles. The molecule has 112 valence electrons. The number of nitrogens with zero attached hydrogens (tertiary/aromatic N) is 2. The summed E-state index contributed by atoms with van der Waals surface area (Å²) in [4.78, 5) is 0. The molecule has 1 aromatic rings. The molecular formula is C15H25N3OS. The summed E-state index contributed by atoms with van der Waals surface area (Å²) in [5.41, 5.74) is 2.74. The number of aromatic nitrogens is 2. The van der Waals surface area contributed by atoms with Crippen LogP contribution in [0.1, 0.15) is 36.9 Å². The third kappa shape index (κ3) is 3.05. The van der Waals surface area contributed by atoms with Crippen LogP contribution in [0.15, 0.2) is 6.20 Å². The van der Waals surface area contributed by atoms with Crippen LogP contribution in [0.3, 0.4) is 0 Å². The second-order valence-electron chi connectivity index (χ2n) is 6.09. The van der Waals surface area contributed by atoms with Crippen molar-refractivity contribution >= 4 is 11.8 Å². The maximum absolute atomic E-state index is 6.15. The first-order valence-electron chi connectivity index (χ1n) is 7.61. The van der Waals surface area contributed by atoms with Gasteiger partial charge in [0.2, 0.25) is 0 Å². The summed E-state index contributed by atoms with van der Waals surface area (Å²) in [6, 6.07) is 0.589. The van der Waals surface area contributed by atoms with E-state index in [1.165, 1.54) is 42.0 Å². The molecule has 1 unspecified atom stereocenters. The van der Waals surface area contributed by atoms with E-state index in [0.717, 1.165) is 19.6 Å². The fraction of sp³-hybridized carbons (Fsp3) is 0.800. The predicted octanol–water partition coefficient (Wildman–Crippen LogP) is 2.26. The molecular weight excluding hydrogens is 270 g/mol. The average Bonchev–Trinajstić information content (AvgIpc) is 2.78. The highest BCUT2D eigenvalue weighted by Crippen LogP contribution is 2.37. The molecule has 0 aliphatic carbocycles. The molecule has 2 fully saturated rings. The fourth-order valence-corrected chi connectivity index (χ4v) is 4.50. The van der Waals surface area contributed by atoms with Crippen LogP contribution in [0.5, 0.6) is 0 Å². The van der Waals surface area contributed by atoms with Crippen molar-refractivity contribution in [3.8, 4) is 0 Å². The second kappa shape index (κ2) is 6.08. The highest BCUT2D eigenvalue weighted by Gasteiger charge is 2.38. The number of ether oxygens (including phenoxy) is 1. The van der Waals surface area contributed by atoms with Gasteiger partial charge in [0.05, 0.1) is 11.8 Å². The van der Waals surface area contributed by atoms with Crippen molar-refractivity contribution in [2.24, 2.45) is 7.05 Å². The third-order valence-electron chi connectivity index (χ3n) is 4.82. The Kier molecular flexibility index (Phi) is 4.38. The summed E-state index contributed by atoms with van der Waals surface area (Å²) in [5, 5.41) is 8.04. The van der Waals surface area contributed by atoms with Crippen LogP contribution in [0.25, 0.3) is 0 Å². The topological polar surface area (TPSA) is 39.1 Å². The van der Waals surface area contributed by atoms with Crippen molar-refractivity contribution in [1.29, 1.82) is 0 Å². The van der Waals surface area contributed by atoms with Gasteiger partial charge in [0, 0.05) is 37.5 Å². The molecule has 2 saturated heterocycles. The van der Waals surface area contributed by atoms with Crippen molar-refractivity contribution in [1.82, 2.24) is 15.1 Å². The molecule has 0 bridgehead atoms. The van der Waals surface area contributed by atoms with Crippen LogP contribution in [-0.4, -0.2) is 39.5 Å². The Balaban J connectivity index is 1.56. The molecule has 2 aliphatic rings. The number of rotatable bonds is 3. The van der Waals surface area contributed by atoms with E-state index in [9.17, 15) is 0 Å².